The maximum atomic E-state index is 11.9. The molecule has 0 bridgehead atoms. The molecule has 1 atom stereocenters. The molecular formula is C14H17N3O3. The Hall–Kier alpha value is -2.42. The van der Waals surface area contributed by atoms with Crippen LogP contribution in [0.5, 0.6) is 0 Å². The number of carbonyl (C=O) groups is 2. The summed E-state index contributed by atoms with van der Waals surface area (Å²) in [5.74, 6) is -0.307. The molecule has 6 nitrogen and oxygen atoms in total. The van der Waals surface area contributed by atoms with Crippen molar-refractivity contribution in [1.82, 2.24) is 4.98 Å². The van der Waals surface area contributed by atoms with Crippen LogP contribution in [0.3, 0.4) is 0 Å². The summed E-state index contributed by atoms with van der Waals surface area (Å²) in [6.45, 7) is 5.82. The Labute approximate surface area is 117 Å². The smallest absolute Gasteiger partial charge is 0.341 e. The number of nitriles is 1. The Balaban J connectivity index is 3.33. The van der Waals surface area contributed by atoms with Crippen LogP contribution in [0.25, 0.3) is 0 Å². The van der Waals surface area contributed by atoms with Gasteiger partial charge in [0, 0.05) is 6.04 Å². The van der Waals surface area contributed by atoms with Crippen molar-refractivity contribution in [2.75, 3.05) is 11.9 Å². The van der Waals surface area contributed by atoms with Gasteiger partial charge in [0.05, 0.1) is 12.2 Å². The van der Waals surface area contributed by atoms with Gasteiger partial charge in [-0.3, -0.25) is 4.79 Å². The lowest BCUT2D eigenvalue weighted by molar-refractivity contribution is 0.0526. The molecule has 1 rings (SSSR count). The van der Waals surface area contributed by atoms with Crippen LogP contribution < -0.4 is 5.32 Å². The number of hydrogen-bond acceptors (Lipinski definition) is 6. The summed E-state index contributed by atoms with van der Waals surface area (Å²) in [5, 5.41) is 12.0. The molecule has 1 unspecified atom stereocenters. The van der Waals surface area contributed by atoms with Crippen molar-refractivity contribution in [3.8, 4) is 6.07 Å². The Bertz CT molecular complexity index is 549. The van der Waals surface area contributed by atoms with Gasteiger partial charge >= 0.3 is 5.97 Å². The molecule has 1 heterocycles. The molecule has 0 spiro atoms. The van der Waals surface area contributed by atoms with Crippen molar-refractivity contribution < 1.29 is 14.3 Å². The monoisotopic (exact) mass is 275 g/mol. The summed E-state index contributed by atoms with van der Waals surface area (Å²) in [6.07, 6.45) is 1.32. The molecule has 106 valence electrons. The molecule has 0 fully saturated rings. The van der Waals surface area contributed by atoms with Gasteiger partial charge in [0.1, 0.15) is 23.1 Å². The van der Waals surface area contributed by atoms with Crippen molar-refractivity contribution in [3.63, 3.8) is 0 Å². The fourth-order valence-corrected chi connectivity index (χ4v) is 1.52. The maximum absolute atomic E-state index is 11.9. The minimum atomic E-state index is -0.570. The maximum Gasteiger partial charge on any atom is 0.341 e. The van der Waals surface area contributed by atoms with Crippen LogP contribution in [0.2, 0.25) is 0 Å². The van der Waals surface area contributed by atoms with Crippen LogP contribution in [0.1, 0.15) is 53.6 Å². The van der Waals surface area contributed by atoms with Crippen LogP contribution in [0.4, 0.5) is 5.82 Å². The highest BCUT2D eigenvalue weighted by molar-refractivity contribution is 5.96. The third-order valence-electron chi connectivity index (χ3n) is 2.77. The Morgan fingerprint density at radius 1 is 1.60 bits per heavy atom. The summed E-state index contributed by atoms with van der Waals surface area (Å²) in [7, 11) is 0. The molecular weight excluding hydrogens is 258 g/mol. The van der Waals surface area contributed by atoms with E-state index in [0.29, 0.717) is 6.29 Å². The third-order valence-corrected chi connectivity index (χ3v) is 2.77. The number of pyridine rings is 1. The summed E-state index contributed by atoms with van der Waals surface area (Å²) in [4.78, 5) is 26.9. The molecule has 0 amide bonds. The highest BCUT2D eigenvalue weighted by Gasteiger charge is 2.19. The Kier molecular flexibility index (Phi) is 5.66. The van der Waals surface area contributed by atoms with Gasteiger partial charge in [0.25, 0.3) is 0 Å². The van der Waals surface area contributed by atoms with E-state index in [9.17, 15) is 9.59 Å². The predicted molar refractivity (Wildman–Crippen MR) is 73.7 cm³/mol. The van der Waals surface area contributed by atoms with E-state index in [1.54, 1.807) is 6.92 Å². The summed E-state index contributed by atoms with van der Waals surface area (Å²) in [5.41, 5.74) is 0.221. The lowest BCUT2D eigenvalue weighted by Crippen LogP contribution is -2.19. The summed E-state index contributed by atoms with van der Waals surface area (Å²) >= 11 is 0. The van der Waals surface area contributed by atoms with Crippen molar-refractivity contribution in [2.24, 2.45) is 0 Å². The summed E-state index contributed by atoms with van der Waals surface area (Å²) < 4.78 is 4.94. The molecule has 1 N–H and O–H groups in total. The van der Waals surface area contributed by atoms with Gasteiger partial charge in [-0.2, -0.15) is 5.26 Å². The topological polar surface area (TPSA) is 92.1 Å². The molecule has 0 aliphatic carbocycles. The Morgan fingerprint density at radius 2 is 2.30 bits per heavy atom. The van der Waals surface area contributed by atoms with Gasteiger partial charge in [-0.15, -0.1) is 0 Å². The number of nitrogens with one attached hydrogen (secondary N) is 1. The molecule has 0 aromatic carbocycles. The SMILES string of the molecule is CCOC(=O)c1cc(C#N)c(C=O)nc1NC(C)CC. The van der Waals surface area contributed by atoms with Crippen molar-refractivity contribution in [3.05, 3.63) is 22.9 Å². The van der Waals surface area contributed by atoms with E-state index in [1.807, 2.05) is 19.9 Å². The van der Waals surface area contributed by atoms with Crippen LogP contribution in [-0.2, 0) is 4.74 Å². The molecule has 0 saturated heterocycles. The molecule has 20 heavy (non-hydrogen) atoms. The second kappa shape index (κ2) is 7.24. The highest BCUT2D eigenvalue weighted by Crippen LogP contribution is 2.19. The zero-order valence-corrected chi connectivity index (χ0v) is 11.8. The lowest BCUT2D eigenvalue weighted by Gasteiger charge is -2.16. The van der Waals surface area contributed by atoms with E-state index >= 15 is 0 Å². The van der Waals surface area contributed by atoms with E-state index in [0.717, 1.165) is 6.42 Å². The van der Waals surface area contributed by atoms with E-state index in [2.05, 4.69) is 10.3 Å². The first kappa shape index (κ1) is 15.6. The highest BCUT2D eigenvalue weighted by atomic mass is 16.5. The fourth-order valence-electron chi connectivity index (χ4n) is 1.52. The van der Waals surface area contributed by atoms with E-state index < -0.39 is 5.97 Å². The third kappa shape index (κ3) is 3.54. The van der Waals surface area contributed by atoms with Crippen molar-refractivity contribution in [1.29, 1.82) is 5.26 Å². The number of carbonyl (C=O) groups excluding carboxylic acids is 2. The van der Waals surface area contributed by atoms with Gasteiger partial charge in [-0.1, -0.05) is 6.92 Å². The van der Waals surface area contributed by atoms with Crippen LogP contribution in [0, 0.1) is 11.3 Å². The summed E-state index contributed by atoms with van der Waals surface area (Å²) in [6, 6.07) is 3.25. The number of aldehydes is 1. The number of ether oxygens (including phenoxy) is 1. The first-order valence-electron chi connectivity index (χ1n) is 6.41. The second-order valence-corrected chi connectivity index (χ2v) is 4.22. The number of aromatic nitrogens is 1. The van der Waals surface area contributed by atoms with Crippen LogP contribution in [-0.4, -0.2) is 29.9 Å². The number of anilines is 1. The minimum Gasteiger partial charge on any atom is -0.462 e. The van der Waals surface area contributed by atoms with Crippen LogP contribution in [0.15, 0.2) is 6.07 Å². The molecule has 0 radical (unpaired) electrons. The molecule has 0 aliphatic heterocycles. The molecule has 0 aliphatic rings. The van der Waals surface area contributed by atoms with Crippen molar-refractivity contribution >= 4 is 18.1 Å². The molecule has 0 saturated carbocycles. The van der Waals surface area contributed by atoms with Gasteiger partial charge < -0.3 is 10.1 Å². The average molecular weight is 275 g/mol. The second-order valence-electron chi connectivity index (χ2n) is 4.22. The number of hydrogen-bond donors (Lipinski definition) is 1. The first-order valence-corrected chi connectivity index (χ1v) is 6.41. The molecule has 1 aromatic heterocycles. The van der Waals surface area contributed by atoms with E-state index in [1.165, 1.54) is 6.07 Å². The van der Waals surface area contributed by atoms with E-state index in [4.69, 9.17) is 10.00 Å². The Morgan fingerprint density at radius 3 is 2.80 bits per heavy atom. The number of rotatable bonds is 6. The van der Waals surface area contributed by atoms with Gasteiger partial charge in [0.15, 0.2) is 6.29 Å². The fraction of sp³-hybridized carbons (Fsp3) is 0.429. The van der Waals surface area contributed by atoms with Crippen LogP contribution >= 0.6 is 0 Å². The zero-order chi connectivity index (χ0) is 15.1. The lowest BCUT2D eigenvalue weighted by atomic mass is 10.1. The first-order chi connectivity index (χ1) is 9.57. The predicted octanol–water partition coefficient (Wildman–Crippen LogP) is 2.15. The molecule has 6 heteroatoms. The minimum absolute atomic E-state index is 0.00588. The van der Waals surface area contributed by atoms with E-state index in [-0.39, 0.29) is 35.3 Å². The van der Waals surface area contributed by atoms with Gasteiger partial charge in [-0.05, 0) is 26.3 Å². The van der Waals surface area contributed by atoms with Crippen molar-refractivity contribution in [2.45, 2.75) is 33.2 Å². The zero-order valence-electron chi connectivity index (χ0n) is 11.8. The number of nitrogens with zero attached hydrogens (tertiary/aromatic N) is 2. The average Bonchev–Trinajstić information content (AvgIpc) is 2.46. The molecule has 1 aromatic rings. The number of esters is 1. The van der Waals surface area contributed by atoms with Gasteiger partial charge in [-0.25, -0.2) is 9.78 Å². The quantitative estimate of drug-likeness (QED) is 0.631. The largest absolute Gasteiger partial charge is 0.462 e. The normalized spacial score (nSPS) is 11.3. The standard InChI is InChI=1S/C14H17N3O3/c1-4-9(3)16-13-11(14(19)20-5-2)6-10(7-15)12(8-18)17-13/h6,8-9H,4-5H2,1-3H3,(H,16,17). The van der Waals surface area contributed by atoms with Gasteiger partial charge in [0.2, 0.25) is 0 Å².